The van der Waals surface area contributed by atoms with Gasteiger partial charge < -0.3 is 9.80 Å². The van der Waals surface area contributed by atoms with Gasteiger partial charge in [0.2, 0.25) is 11.9 Å². The zero-order valence-corrected chi connectivity index (χ0v) is 22.3. The molecule has 0 N–H and O–H groups in total. The van der Waals surface area contributed by atoms with Crippen molar-refractivity contribution >= 4 is 34.1 Å². The van der Waals surface area contributed by atoms with E-state index in [4.69, 9.17) is 0 Å². The Morgan fingerprint density at radius 3 is 2.28 bits per heavy atom. The Bertz CT molecular complexity index is 1170. The monoisotopic (exact) mass is 542 g/mol. The Morgan fingerprint density at radius 2 is 1.67 bits per heavy atom. The SMILES string of the molecule is CCc1cnc(N2CCC(N3CCCC[C@H](Cc4cc(F)c(S(C)(=O)=O)cc4F)C3=O)CC2)nc1.Cl. The molecule has 0 saturated carbocycles. The zero-order valence-electron chi connectivity index (χ0n) is 20.6. The summed E-state index contributed by atoms with van der Waals surface area (Å²) in [6.45, 7) is 4.21. The highest BCUT2D eigenvalue weighted by atomic mass is 35.5. The third-order valence-electron chi connectivity index (χ3n) is 7.09. The van der Waals surface area contributed by atoms with E-state index in [-0.39, 0.29) is 36.3 Å². The lowest BCUT2D eigenvalue weighted by Crippen LogP contribution is -2.49. The van der Waals surface area contributed by atoms with Crippen molar-refractivity contribution < 1.29 is 22.0 Å². The number of nitrogens with zero attached hydrogens (tertiary/aromatic N) is 4. The van der Waals surface area contributed by atoms with E-state index in [2.05, 4.69) is 21.8 Å². The maximum absolute atomic E-state index is 14.7. The molecular weight excluding hydrogens is 510 g/mol. The van der Waals surface area contributed by atoms with Crippen molar-refractivity contribution in [1.29, 1.82) is 0 Å². The smallest absolute Gasteiger partial charge is 0.226 e. The average molecular weight is 543 g/mol. The molecule has 2 aromatic rings. The van der Waals surface area contributed by atoms with Gasteiger partial charge in [-0.2, -0.15) is 0 Å². The van der Waals surface area contributed by atoms with E-state index in [1.807, 2.05) is 17.3 Å². The molecule has 1 aromatic heterocycles. The van der Waals surface area contributed by atoms with Crippen molar-refractivity contribution in [1.82, 2.24) is 14.9 Å². The molecule has 0 radical (unpaired) electrons. The summed E-state index contributed by atoms with van der Waals surface area (Å²) in [5.74, 6) is -1.56. The lowest BCUT2D eigenvalue weighted by molar-refractivity contribution is -0.137. The number of aromatic nitrogens is 2. The van der Waals surface area contributed by atoms with Gasteiger partial charge in [-0.1, -0.05) is 13.3 Å². The molecule has 36 heavy (non-hydrogen) atoms. The lowest BCUT2D eigenvalue weighted by Gasteiger charge is -2.39. The Morgan fingerprint density at radius 1 is 1.00 bits per heavy atom. The summed E-state index contributed by atoms with van der Waals surface area (Å²) in [7, 11) is -3.88. The average Bonchev–Trinajstić information content (AvgIpc) is 3.02. The van der Waals surface area contributed by atoms with Crippen molar-refractivity contribution in [2.24, 2.45) is 5.92 Å². The molecule has 1 aromatic carbocycles. The van der Waals surface area contributed by atoms with Crippen LogP contribution in [-0.2, 0) is 27.5 Å². The van der Waals surface area contributed by atoms with Crippen LogP contribution in [0.2, 0.25) is 0 Å². The topological polar surface area (TPSA) is 83.5 Å². The van der Waals surface area contributed by atoms with Crippen LogP contribution < -0.4 is 4.90 Å². The molecule has 0 aliphatic carbocycles. The standard InChI is InChI=1S/C25H32F2N4O3S.ClH/c1-3-17-15-28-25(29-16-17)30-10-7-20(8-11-30)31-9-5-4-6-18(24(31)32)12-19-13-22(27)23(14-21(19)26)35(2,33)34;/h13-16,18,20H,3-12H2,1-2H3;1H/t18-;/m1./s1. The van der Waals surface area contributed by atoms with Crippen LogP contribution in [0.1, 0.15) is 50.2 Å². The summed E-state index contributed by atoms with van der Waals surface area (Å²) >= 11 is 0. The third-order valence-corrected chi connectivity index (χ3v) is 8.20. The largest absolute Gasteiger partial charge is 0.341 e. The fraction of sp³-hybridized carbons (Fsp3) is 0.560. The van der Waals surface area contributed by atoms with Gasteiger partial charge in [-0.05, 0) is 61.8 Å². The maximum atomic E-state index is 14.7. The number of piperidine rings is 1. The van der Waals surface area contributed by atoms with Crippen LogP contribution in [0.3, 0.4) is 0 Å². The molecular formula is C25H33ClF2N4O3S. The van der Waals surface area contributed by atoms with Crippen LogP contribution in [-0.4, -0.2) is 61.1 Å². The normalized spacial score (nSPS) is 19.7. The van der Waals surface area contributed by atoms with Gasteiger partial charge in [0.1, 0.15) is 16.5 Å². The number of anilines is 1. The van der Waals surface area contributed by atoms with E-state index < -0.39 is 32.3 Å². The number of hydrogen-bond donors (Lipinski definition) is 0. The van der Waals surface area contributed by atoms with E-state index in [1.165, 1.54) is 0 Å². The first-order chi connectivity index (χ1) is 16.7. The number of aryl methyl sites for hydroxylation is 1. The minimum atomic E-state index is -3.88. The first-order valence-corrected chi connectivity index (χ1v) is 14.1. The maximum Gasteiger partial charge on any atom is 0.226 e. The van der Waals surface area contributed by atoms with Gasteiger partial charge in [0.05, 0.1) is 0 Å². The van der Waals surface area contributed by atoms with E-state index in [0.29, 0.717) is 18.9 Å². The highest BCUT2D eigenvalue weighted by molar-refractivity contribution is 7.90. The molecule has 0 spiro atoms. The number of halogens is 3. The van der Waals surface area contributed by atoms with E-state index >= 15 is 0 Å². The Labute approximate surface area is 217 Å². The van der Waals surface area contributed by atoms with Gasteiger partial charge in [-0.3, -0.25) is 4.79 Å². The van der Waals surface area contributed by atoms with Crippen molar-refractivity contribution in [2.75, 3.05) is 30.8 Å². The fourth-order valence-corrected chi connectivity index (χ4v) is 5.77. The molecule has 2 aliphatic heterocycles. The summed E-state index contributed by atoms with van der Waals surface area (Å²) < 4.78 is 52.4. The molecule has 198 valence electrons. The van der Waals surface area contributed by atoms with Gasteiger partial charge in [0.15, 0.2) is 9.84 Å². The fourth-order valence-electron chi connectivity index (χ4n) is 5.04. The molecule has 1 amide bonds. The lowest BCUT2D eigenvalue weighted by atomic mass is 9.93. The van der Waals surface area contributed by atoms with Gasteiger partial charge in [0, 0.05) is 50.2 Å². The number of sulfone groups is 1. The number of benzene rings is 1. The molecule has 11 heteroatoms. The number of rotatable bonds is 6. The van der Waals surface area contributed by atoms with Gasteiger partial charge in [-0.25, -0.2) is 27.2 Å². The predicted octanol–water partition coefficient (Wildman–Crippen LogP) is 3.98. The van der Waals surface area contributed by atoms with Crippen molar-refractivity contribution in [3.63, 3.8) is 0 Å². The first kappa shape index (κ1) is 28.2. The van der Waals surface area contributed by atoms with Gasteiger partial charge >= 0.3 is 0 Å². The molecule has 2 aliphatic rings. The van der Waals surface area contributed by atoms with Crippen LogP contribution in [0.4, 0.5) is 14.7 Å². The van der Waals surface area contributed by atoms with Crippen LogP contribution >= 0.6 is 12.4 Å². The van der Waals surface area contributed by atoms with Crippen LogP contribution in [0.25, 0.3) is 0 Å². The Balaban J connectivity index is 0.00000361. The van der Waals surface area contributed by atoms with Crippen molar-refractivity contribution in [3.05, 3.63) is 47.3 Å². The summed E-state index contributed by atoms with van der Waals surface area (Å²) in [4.78, 5) is 25.8. The summed E-state index contributed by atoms with van der Waals surface area (Å²) in [5, 5.41) is 0. The summed E-state index contributed by atoms with van der Waals surface area (Å²) in [6, 6.07) is 1.74. The Kier molecular flexibility index (Phi) is 9.27. The molecule has 0 bridgehead atoms. The second-order valence-corrected chi connectivity index (χ2v) is 11.5. The third kappa shape index (κ3) is 6.32. The minimum absolute atomic E-state index is 0. The van der Waals surface area contributed by atoms with Crippen LogP contribution in [0.5, 0.6) is 0 Å². The molecule has 1 atom stereocenters. The first-order valence-electron chi connectivity index (χ1n) is 12.2. The zero-order chi connectivity index (χ0) is 25.2. The second-order valence-electron chi connectivity index (χ2n) is 9.54. The molecule has 7 nitrogen and oxygen atoms in total. The minimum Gasteiger partial charge on any atom is -0.341 e. The quantitative estimate of drug-likeness (QED) is 0.549. The molecule has 3 heterocycles. The molecule has 4 rings (SSSR count). The number of amides is 1. The Hall–Kier alpha value is -2.33. The number of carbonyl (C=O) groups is 1. The predicted molar refractivity (Wildman–Crippen MR) is 136 cm³/mol. The number of likely N-dealkylation sites (tertiary alicyclic amines) is 1. The molecule has 2 fully saturated rings. The van der Waals surface area contributed by atoms with Crippen molar-refractivity contribution in [2.45, 2.75) is 62.8 Å². The van der Waals surface area contributed by atoms with E-state index in [1.54, 1.807) is 0 Å². The number of hydrogen-bond acceptors (Lipinski definition) is 6. The summed E-state index contributed by atoms with van der Waals surface area (Å²) in [6.07, 6.45) is 9.37. The van der Waals surface area contributed by atoms with Crippen LogP contribution in [0, 0.1) is 17.6 Å². The molecule has 0 unspecified atom stereocenters. The highest BCUT2D eigenvalue weighted by Crippen LogP contribution is 2.29. The summed E-state index contributed by atoms with van der Waals surface area (Å²) in [5.41, 5.74) is 1.13. The van der Waals surface area contributed by atoms with Crippen LogP contribution in [0.15, 0.2) is 29.4 Å². The van der Waals surface area contributed by atoms with Gasteiger partial charge in [-0.15, -0.1) is 12.4 Å². The van der Waals surface area contributed by atoms with E-state index in [0.717, 1.165) is 69.1 Å². The van der Waals surface area contributed by atoms with Gasteiger partial charge in [0.25, 0.3) is 0 Å². The number of carbonyl (C=O) groups excluding carboxylic acids is 1. The second kappa shape index (κ2) is 11.8. The van der Waals surface area contributed by atoms with E-state index in [9.17, 15) is 22.0 Å². The van der Waals surface area contributed by atoms with Crippen molar-refractivity contribution in [3.8, 4) is 0 Å². The highest BCUT2D eigenvalue weighted by Gasteiger charge is 2.34. The molecule has 2 saturated heterocycles.